The van der Waals surface area contributed by atoms with Crippen molar-refractivity contribution in [2.45, 2.75) is 6.04 Å². The van der Waals surface area contributed by atoms with Gasteiger partial charge in [-0.25, -0.2) is 5.43 Å². The molecular weight excluding hydrogens is 300 g/mol. The fourth-order valence-corrected chi connectivity index (χ4v) is 2.37. The van der Waals surface area contributed by atoms with Crippen LogP contribution >= 0.6 is 27.5 Å². The highest BCUT2D eigenvalue weighted by Crippen LogP contribution is 2.25. The summed E-state index contributed by atoms with van der Waals surface area (Å²) < 4.78 is 1.03. The van der Waals surface area contributed by atoms with Crippen molar-refractivity contribution in [3.05, 3.63) is 69.2 Å². The molecule has 0 aromatic heterocycles. The van der Waals surface area contributed by atoms with Gasteiger partial charge in [-0.15, -0.1) is 0 Å². The first kappa shape index (κ1) is 12.6. The Morgan fingerprint density at radius 2 is 1.71 bits per heavy atom. The highest BCUT2D eigenvalue weighted by atomic mass is 79.9. The zero-order valence-electron chi connectivity index (χ0n) is 9.03. The lowest BCUT2D eigenvalue weighted by atomic mass is 9.99. The standard InChI is InChI=1S/C13H12BrClN2/c14-11-5-1-3-9(7-11)13(17-16)10-4-2-6-12(15)8-10/h1-8,13,17H,16H2. The van der Waals surface area contributed by atoms with E-state index in [4.69, 9.17) is 17.4 Å². The van der Waals surface area contributed by atoms with E-state index in [0.717, 1.165) is 15.6 Å². The third-order valence-electron chi connectivity index (χ3n) is 2.53. The highest BCUT2D eigenvalue weighted by Gasteiger charge is 2.12. The summed E-state index contributed by atoms with van der Waals surface area (Å²) in [4.78, 5) is 0. The van der Waals surface area contributed by atoms with Crippen molar-refractivity contribution in [1.82, 2.24) is 5.43 Å². The van der Waals surface area contributed by atoms with Gasteiger partial charge in [0, 0.05) is 9.50 Å². The zero-order chi connectivity index (χ0) is 12.3. The van der Waals surface area contributed by atoms with Gasteiger partial charge in [0.05, 0.1) is 6.04 Å². The predicted octanol–water partition coefficient (Wildman–Crippen LogP) is 3.66. The molecule has 3 N–H and O–H groups in total. The Morgan fingerprint density at radius 3 is 2.29 bits per heavy atom. The van der Waals surface area contributed by atoms with E-state index in [-0.39, 0.29) is 6.04 Å². The SMILES string of the molecule is NNC(c1cccc(Cl)c1)c1cccc(Br)c1. The molecule has 0 bridgehead atoms. The molecule has 0 heterocycles. The molecule has 0 aliphatic rings. The third-order valence-corrected chi connectivity index (χ3v) is 3.26. The molecular formula is C13H12BrClN2. The van der Waals surface area contributed by atoms with Gasteiger partial charge in [0.1, 0.15) is 0 Å². The topological polar surface area (TPSA) is 38.0 Å². The number of benzene rings is 2. The Hall–Kier alpha value is -0.870. The maximum absolute atomic E-state index is 5.99. The second-order valence-electron chi connectivity index (χ2n) is 3.71. The van der Waals surface area contributed by atoms with Crippen molar-refractivity contribution < 1.29 is 0 Å². The smallest absolute Gasteiger partial charge is 0.0711 e. The Labute approximate surface area is 114 Å². The normalized spacial score (nSPS) is 12.4. The van der Waals surface area contributed by atoms with Crippen LogP contribution in [-0.4, -0.2) is 0 Å². The molecule has 2 aromatic rings. The van der Waals surface area contributed by atoms with Gasteiger partial charge in [0.25, 0.3) is 0 Å². The number of nitrogens with two attached hydrogens (primary N) is 1. The molecule has 0 spiro atoms. The van der Waals surface area contributed by atoms with Crippen molar-refractivity contribution in [3.8, 4) is 0 Å². The van der Waals surface area contributed by atoms with E-state index < -0.39 is 0 Å². The summed E-state index contributed by atoms with van der Waals surface area (Å²) in [7, 11) is 0. The molecule has 88 valence electrons. The molecule has 2 nitrogen and oxygen atoms in total. The molecule has 17 heavy (non-hydrogen) atoms. The molecule has 0 saturated heterocycles. The van der Waals surface area contributed by atoms with Crippen LogP contribution in [0.2, 0.25) is 5.02 Å². The second-order valence-corrected chi connectivity index (χ2v) is 5.06. The summed E-state index contributed by atoms with van der Waals surface area (Å²) in [5.41, 5.74) is 4.94. The summed E-state index contributed by atoms with van der Waals surface area (Å²) in [6.07, 6.45) is 0. The quantitative estimate of drug-likeness (QED) is 0.670. The van der Waals surface area contributed by atoms with Crippen LogP contribution in [0.25, 0.3) is 0 Å². The van der Waals surface area contributed by atoms with Gasteiger partial charge < -0.3 is 0 Å². The Kier molecular flexibility index (Phi) is 4.18. The zero-order valence-corrected chi connectivity index (χ0v) is 11.4. The Balaban J connectivity index is 2.40. The molecule has 0 amide bonds. The van der Waals surface area contributed by atoms with Crippen LogP contribution < -0.4 is 11.3 Å². The summed E-state index contributed by atoms with van der Waals surface area (Å²) in [6.45, 7) is 0. The van der Waals surface area contributed by atoms with Crippen molar-refractivity contribution >= 4 is 27.5 Å². The predicted molar refractivity (Wildman–Crippen MR) is 74.8 cm³/mol. The van der Waals surface area contributed by atoms with Gasteiger partial charge in [-0.2, -0.15) is 0 Å². The first-order valence-corrected chi connectivity index (χ1v) is 6.35. The van der Waals surface area contributed by atoms with Gasteiger partial charge in [-0.05, 0) is 35.4 Å². The molecule has 0 saturated carbocycles. The van der Waals surface area contributed by atoms with Gasteiger partial charge >= 0.3 is 0 Å². The van der Waals surface area contributed by atoms with E-state index in [1.807, 2.05) is 48.5 Å². The number of hydrogen-bond donors (Lipinski definition) is 2. The number of nitrogens with one attached hydrogen (secondary N) is 1. The summed E-state index contributed by atoms with van der Waals surface area (Å²) in [6, 6.07) is 15.6. The van der Waals surface area contributed by atoms with Crippen molar-refractivity contribution in [2.75, 3.05) is 0 Å². The lowest BCUT2D eigenvalue weighted by Gasteiger charge is -2.17. The van der Waals surface area contributed by atoms with Gasteiger partial charge in [0.2, 0.25) is 0 Å². The minimum atomic E-state index is -0.0637. The second kappa shape index (κ2) is 5.65. The summed E-state index contributed by atoms with van der Waals surface area (Å²) in [5, 5.41) is 0.706. The molecule has 2 rings (SSSR count). The van der Waals surface area contributed by atoms with Gasteiger partial charge in [0.15, 0.2) is 0 Å². The number of rotatable bonds is 3. The van der Waals surface area contributed by atoms with Gasteiger partial charge in [-0.1, -0.05) is 51.8 Å². The van der Waals surface area contributed by atoms with Gasteiger partial charge in [-0.3, -0.25) is 5.84 Å². The van der Waals surface area contributed by atoms with Crippen molar-refractivity contribution in [3.63, 3.8) is 0 Å². The van der Waals surface area contributed by atoms with Crippen LogP contribution in [0, 0.1) is 0 Å². The van der Waals surface area contributed by atoms with Crippen molar-refractivity contribution in [1.29, 1.82) is 0 Å². The molecule has 0 fully saturated rings. The van der Waals surface area contributed by atoms with Crippen LogP contribution in [0.5, 0.6) is 0 Å². The van der Waals surface area contributed by atoms with E-state index >= 15 is 0 Å². The molecule has 0 radical (unpaired) electrons. The van der Waals surface area contributed by atoms with Crippen LogP contribution in [0.3, 0.4) is 0 Å². The first-order chi connectivity index (χ1) is 8.20. The van der Waals surface area contributed by atoms with Crippen LogP contribution in [0.4, 0.5) is 0 Å². The maximum Gasteiger partial charge on any atom is 0.0711 e. The van der Waals surface area contributed by atoms with Crippen LogP contribution in [0.1, 0.15) is 17.2 Å². The molecule has 0 aliphatic carbocycles. The first-order valence-electron chi connectivity index (χ1n) is 5.18. The molecule has 2 aromatic carbocycles. The molecule has 1 unspecified atom stereocenters. The minimum Gasteiger partial charge on any atom is -0.271 e. The van der Waals surface area contributed by atoms with Crippen LogP contribution in [0.15, 0.2) is 53.0 Å². The molecule has 4 heteroatoms. The number of hydrazine groups is 1. The lowest BCUT2D eigenvalue weighted by molar-refractivity contribution is 0.636. The fraction of sp³-hybridized carbons (Fsp3) is 0.0769. The minimum absolute atomic E-state index is 0.0637. The summed E-state index contributed by atoms with van der Waals surface area (Å²) >= 11 is 9.44. The van der Waals surface area contributed by atoms with Crippen LogP contribution in [-0.2, 0) is 0 Å². The van der Waals surface area contributed by atoms with E-state index in [1.165, 1.54) is 0 Å². The summed E-state index contributed by atoms with van der Waals surface area (Å²) in [5.74, 6) is 5.63. The van der Waals surface area contributed by atoms with Crippen molar-refractivity contribution in [2.24, 2.45) is 5.84 Å². The Morgan fingerprint density at radius 1 is 1.06 bits per heavy atom. The number of halogens is 2. The maximum atomic E-state index is 5.99. The third kappa shape index (κ3) is 3.07. The molecule has 1 atom stereocenters. The highest BCUT2D eigenvalue weighted by molar-refractivity contribution is 9.10. The lowest BCUT2D eigenvalue weighted by Crippen LogP contribution is -2.28. The molecule has 0 aliphatic heterocycles. The average Bonchev–Trinajstić information content (AvgIpc) is 2.30. The fourth-order valence-electron chi connectivity index (χ4n) is 1.76. The van der Waals surface area contributed by atoms with E-state index in [2.05, 4.69) is 21.4 Å². The Bertz CT molecular complexity index is 471. The largest absolute Gasteiger partial charge is 0.271 e. The average molecular weight is 312 g/mol. The van der Waals surface area contributed by atoms with E-state index in [0.29, 0.717) is 5.02 Å². The van der Waals surface area contributed by atoms with E-state index in [1.54, 1.807) is 0 Å². The number of hydrogen-bond acceptors (Lipinski definition) is 2. The van der Waals surface area contributed by atoms with E-state index in [9.17, 15) is 0 Å². The monoisotopic (exact) mass is 310 g/mol.